The fraction of sp³-hybridized carbons (Fsp3) is 0.467. The van der Waals surface area contributed by atoms with Crippen molar-refractivity contribution in [1.82, 2.24) is 9.55 Å². The van der Waals surface area contributed by atoms with E-state index in [-0.39, 0.29) is 11.0 Å². The maximum atomic E-state index is 12.6. The third kappa shape index (κ3) is 2.45. The number of rotatable bonds is 2. The Bertz CT molecular complexity index is 690. The van der Waals surface area contributed by atoms with E-state index in [0.29, 0.717) is 22.5 Å². The van der Waals surface area contributed by atoms with Crippen LogP contribution in [0, 0.1) is 5.41 Å². The Balaban J connectivity index is 2.02. The third-order valence-electron chi connectivity index (χ3n) is 4.05. The lowest BCUT2D eigenvalue weighted by atomic mass is 9.82. The maximum Gasteiger partial charge on any atom is 0.262 e. The van der Waals surface area contributed by atoms with Crippen LogP contribution in [-0.2, 0) is 11.3 Å². The number of halogens is 1. The number of ether oxygens (including phenoxy) is 1. The highest BCUT2D eigenvalue weighted by atomic mass is 35.5. The molecule has 1 aromatic heterocycles. The topological polar surface area (TPSA) is 44.1 Å². The molecule has 2 aromatic rings. The molecular formula is C15H17ClN2O2. The van der Waals surface area contributed by atoms with E-state index in [1.54, 1.807) is 23.0 Å². The Morgan fingerprint density at radius 2 is 2.15 bits per heavy atom. The molecule has 0 aliphatic carbocycles. The lowest BCUT2D eigenvalue weighted by Crippen LogP contribution is -2.35. The van der Waals surface area contributed by atoms with Crippen molar-refractivity contribution in [2.45, 2.75) is 26.3 Å². The molecule has 0 spiro atoms. The minimum Gasteiger partial charge on any atom is -0.381 e. The van der Waals surface area contributed by atoms with Crippen molar-refractivity contribution in [3.05, 3.63) is 39.9 Å². The van der Waals surface area contributed by atoms with Gasteiger partial charge in [-0.1, -0.05) is 24.6 Å². The van der Waals surface area contributed by atoms with Crippen molar-refractivity contribution in [1.29, 1.82) is 0 Å². The highest BCUT2D eigenvalue weighted by Crippen LogP contribution is 2.31. The monoisotopic (exact) mass is 292 g/mol. The number of aromatic nitrogens is 2. The van der Waals surface area contributed by atoms with Crippen LogP contribution < -0.4 is 5.56 Å². The first-order chi connectivity index (χ1) is 9.59. The minimum absolute atomic E-state index is 0.0617. The smallest absolute Gasteiger partial charge is 0.262 e. The van der Waals surface area contributed by atoms with E-state index in [1.807, 2.05) is 6.07 Å². The molecule has 106 valence electrons. The first-order valence-corrected chi connectivity index (χ1v) is 7.18. The molecule has 0 unspecified atom stereocenters. The lowest BCUT2D eigenvalue weighted by Gasteiger charge is -2.33. The van der Waals surface area contributed by atoms with E-state index in [4.69, 9.17) is 16.3 Å². The average Bonchev–Trinajstić information content (AvgIpc) is 2.43. The molecule has 4 nitrogen and oxygen atoms in total. The van der Waals surface area contributed by atoms with Crippen LogP contribution >= 0.6 is 11.6 Å². The summed E-state index contributed by atoms with van der Waals surface area (Å²) in [6.07, 6.45) is 3.54. The molecule has 3 rings (SSSR count). The summed E-state index contributed by atoms with van der Waals surface area (Å²) in [4.78, 5) is 16.9. The van der Waals surface area contributed by atoms with Crippen LogP contribution in [0.25, 0.3) is 10.9 Å². The Morgan fingerprint density at radius 1 is 1.40 bits per heavy atom. The van der Waals surface area contributed by atoms with Gasteiger partial charge in [-0.2, -0.15) is 0 Å². The molecule has 0 atom stereocenters. The van der Waals surface area contributed by atoms with E-state index in [2.05, 4.69) is 11.9 Å². The van der Waals surface area contributed by atoms with E-state index >= 15 is 0 Å². The first-order valence-electron chi connectivity index (χ1n) is 6.80. The van der Waals surface area contributed by atoms with Crippen LogP contribution in [0.3, 0.4) is 0 Å². The summed E-state index contributed by atoms with van der Waals surface area (Å²) in [6, 6.07) is 5.35. The Kier molecular flexibility index (Phi) is 3.52. The van der Waals surface area contributed by atoms with Gasteiger partial charge in [-0.25, -0.2) is 4.98 Å². The van der Waals surface area contributed by atoms with Gasteiger partial charge in [-0.05, 0) is 30.4 Å². The van der Waals surface area contributed by atoms with Crippen molar-refractivity contribution in [3.63, 3.8) is 0 Å². The first kappa shape index (κ1) is 13.6. The van der Waals surface area contributed by atoms with Gasteiger partial charge in [0, 0.05) is 19.8 Å². The highest BCUT2D eigenvalue weighted by molar-refractivity contribution is 6.35. The minimum atomic E-state index is -0.0617. The fourth-order valence-corrected chi connectivity index (χ4v) is 2.96. The van der Waals surface area contributed by atoms with Gasteiger partial charge < -0.3 is 4.74 Å². The summed E-state index contributed by atoms with van der Waals surface area (Å²) in [7, 11) is 0. The number of fused-ring (bicyclic) bond motifs is 1. The zero-order valence-electron chi connectivity index (χ0n) is 11.4. The standard InChI is InChI=1S/C15H17ClN2O2/c1-15(5-7-20-8-6-15)9-18-10-17-12-4-2-3-11(16)13(12)14(18)19/h2-4,10H,5-9H2,1H3. The summed E-state index contributed by atoms with van der Waals surface area (Å²) in [5, 5.41) is 0.971. The number of benzene rings is 1. The third-order valence-corrected chi connectivity index (χ3v) is 4.37. The van der Waals surface area contributed by atoms with Crippen LogP contribution in [0.4, 0.5) is 0 Å². The number of hydrogen-bond donors (Lipinski definition) is 0. The molecular weight excluding hydrogens is 276 g/mol. The predicted molar refractivity (Wildman–Crippen MR) is 79.2 cm³/mol. The van der Waals surface area contributed by atoms with Gasteiger partial charge in [0.1, 0.15) is 0 Å². The van der Waals surface area contributed by atoms with E-state index in [0.717, 1.165) is 26.1 Å². The lowest BCUT2D eigenvalue weighted by molar-refractivity contribution is 0.0150. The number of hydrogen-bond acceptors (Lipinski definition) is 3. The van der Waals surface area contributed by atoms with Gasteiger partial charge in [0.05, 0.1) is 22.3 Å². The van der Waals surface area contributed by atoms with E-state index < -0.39 is 0 Å². The summed E-state index contributed by atoms with van der Waals surface area (Å²) in [5.74, 6) is 0. The largest absolute Gasteiger partial charge is 0.381 e. The van der Waals surface area contributed by atoms with E-state index in [9.17, 15) is 4.79 Å². The van der Waals surface area contributed by atoms with Crippen molar-refractivity contribution in [2.24, 2.45) is 5.41 Å². The van der Waals surface area contributed by atoms with Crippen LogP contribution in [0.15, 0.2) is 29.3 Å². The van der Waals surface area contributed by atoms with Gasteiger partial charge in [0.15, 0.2) is 0 Å². The Hall–Kier alpha value is -1.39. The zero-order chi connectivity index (χ0) is 14.2. The molecule has 0 amide bonds. The summed E-state index contributed by atoms with van der Waals surface area (Å²) < 4.78 is 7.08. The second-order valence-corrected chi connectivity index (χ2v) is 6.14. The van der Waals surface area contributed by atoms with Gasteiger partial charge in [0.2, 0.25) is 0 Å². The van der Waals surface area contributed by atoms with Gasteiger partial charge in [0.25, 0.3) is 5.56 Å². The molecule has 1 aliphatic rings. The van der Waals surface area contributed by atoms with Crippen molar-refractivity contribution in [2.75, 3.05) is 13.2 Å². The molecule has 0 saturated carbocycles. The predicted octanol–water partition coefficient (Wildman–Crippen LogP) is 2.87. The van der Waals surface area contributed by atoms with Gasteiger partial charge >= 0.3 is 0 Å². The molecule has 0 bridgehead atoms. The molecule has 1 fully saturated rings. The zero-order valence-corrected chi connectivity index (χ0v) is 12.2. The molecule has 1 saturated heterocycles. The molecule has 0 N–H and O–H groups in total. The Labute approximate surface area is 122 Å². The van der Waals surface area contributed by atoms with Crippen LogP contribution in [0.2, 0.25) is 5.02 Å². The van der Waals surface area contributed by atoms with Crippen molar-refractivity contribution >= 4 is 22.5 Å². The van der Waals surface area contributed by atoms with Crippen LogP contribution in [0.5, 0.6) is 0 Å². The summed E-state index contributed by atoms with van der Waals surface area (Å²) in [6.45, 7) is 4.36. The van der Waals surface area contributed by atoms with Crippen LogP contribution in [0.1, 0.15) is 19.8 Å². The molecule has 5 heteroatoms. The summed E-state index contributed by atoms with van der Waals surface area (Å²) >= 11 is 6.14. The quantitative estimate of drug-likeness (QED) is 0.855. The second kappa shape index (κ2) is 5.19. The van der Waals surface area contributed by atoms with E-state index in [1.165, 1.54) is 0 Å². The highest BCUT2D eigenvalue weighted by Gasteiger charge is 2.28. The number of nitrogens with zero attached hydrogens (tertiary/aromatic N) is 2. The second-order valence-electron chi connectivity index (χ2n) is 5.73. The van der Waals surface area contributed by atoms with Crippen LogP contribution in [-0.4, -0.2) is 22.8 Å². The SMILES string of the molecule is CC1(Cn2cnc3cccc(Cl)c3c2=O)CCOCC1. The molecule has 0 radical (unpaired) electrons. The van der Waals surface area contributed by atoms with Gasteiger partial charge in [-0.15, -0.1) is 0 Å². The Morgan fingerprint density at radius 3 is 2.90 bits per heavy atom. The van der Waals surface area contributed by atoms with Crippen molar-refractivity contribution in [3.8, 4) is 0 Å². The molecule has 2 heterocycles. The normalized spacial score (nSPS) is 18.3. The average molecular weight is 293 g/mol. The maximum absolute atomic E-state index is 12.6. The van der Waals surface area contributed by atoms with Gasteiger partial charge in [-0.3, -0.25) is 9.36 Å². The molecule has 1 aliphatic heterocycles. The van der Waals surface area contributed by atoms with Crippen molar-refractivity contribution < 1.29 is 4.74 Å². The molecule has 20 heavy (non-hydrogen) atoms. The summed E-state index contributed by atoms with van der Waals surface area (Å²) in [5.41, 5.74) is 0.669. The molecule has 1 aromatic carbocycles. The fourth-order valence-electron chi connectivity index (χ4n) is 2.71.